The lowest BCUT2D eigenvalue weighted by molar-refractivity contribution is 0.506. The van der Waals surface area contributed by atoms with E-state index in [0.717, 1.165) is 5.92 Å². The Morgan fingerprint density at radius 1 is 1.07 bits per heavy atom. The minimum Gasteiger partial charge on any atom is -0.0853 e. The minimum absolute atomic E-state index is 0.793. The zero-order valence-corrected chi connectivity index (χ0v) is 10.8. The molecule has 0 saturated carbocycles. The summed E-state index contributed by atoms with van der Waals surface area (Å²) in [6.45, 7) is 9.10. The quantitative estimate of drug-likeness (QED) is 0.414. The first-order valence-corrected chi connectivity index (χ1v) is 6.21. The van der Waals surface area contributed by atoms with Crippen LogP contribution in [0.1, 0.15) is 59.8 Å². The predicted molar refractivity (Wildman–Crippen MR) is 68.7 cm³/mol. The second kappa shape index (κ2) is 6.05. The summed E-state index contributed by atoms with van der Waals surface area (Å²) in [6.07, 6.45) is 11.2. The summed E-state index contributed by atoms with van der Waals surface area (Å²) in [5.74, 6) is 2.38. The van der Waals surface area contributed by atoms with Gasteiger partial charge in [-0.15, -0.1) is 0 Å². The van der Waals surface area contributed by atoms with Gasteiger partial charge in [0.05, 0.1) is 19.8 Å². The van der Waals surface area contributed by atoms with Gasteiger partial charge in [0.1, 0.15) is 5.92 Å². The Bertz CT molecular complexity index is 243. The molecule has 0 radical (unpaired) electrons. The topological polar surface area (TPSA) is 0 Å². The van der Waals surface area contributed by atoms with E-state index in [1.807, 2.05) is 0 Å². The van der Waals surface area contributed by atoms with Gasteiger partial charge in [-0.25, -0.2) is 0 Å². The van der Waals surface area contributed by atoms with Crippen molar-refractivity contribution in [2.75, 3.05) is 0 Å². The van der Waals surface area contributed by atoms with E-state index >= 15 is 0 Å². The van der Waals surface area contributed by atoms with Crippen molar-refractivity contribution in [1.82, 2.24) is 0 Å². The van der Waals surface area contributed by atoms with Crippen molar-refractivity contribution < 1.29 is 0 Å². The fraction of sp³-hybridized carbons (Fsp3) is 0.667. The van der Waals surface area contributed by atoms with E-state index in [1.54, 1.807) is 17.1 Å². The second-order valence-electron chi connectivity index (χ2n) is 5.19. The third-order valence-corrected chi connectivity index (χ3v) is 3.49. The van der Waals surface area contributed by atoms with Gasteiger partial charge in [0, 0.05) is 6.42 Å². The van der Waals surface area contributed by atoms with Crippen molar-refractivity contribution in [2.24, 2.45) is 5.92 Å². The van der Waals surface area contributed by atoms with E-state index in [2.05, 4.69) is 39.8 Å². The van der Waals surface area contributed by atoms with Gasteiger partial charge in [-0.3, -0.25) is 0 Å². The highest BCUT2D eigenvalue weighted by atomic mass is 14.2. The summed E-state index contributed by atoms with van der Waals surface area (Å²) in [5.41, 5.74) is 3.14. The van der Waals surface area contributed by atoms with E-state index in [9.17, 15) is 0 Å². The maximum atomic E-state index is 2.45. The summed E-state index contributed by atoms with van der Waals surface area (Å²) < 4.78 is 0. The largest absolute Gasteiger partial charge is 0.103 e. The van der Waals surface area contributed by atoms with Gasteiger partial charge in [-0.05, 0) is 39.5 Å². The van der Waals surface area contributed by atoms with Crippen LogP contribution in [0.15, 0.2) is 23.3 Å². The molecular weight excluding hydrogens is 180 g/mol. The summed E-state index contributed by atoms with van der Waals surface area (Å²) in [5, 5.41) is 0. The molecule has 0 amide bonds. The standard InChI is InChI=1S/C15H25/c1-12(2)15-10-8-13(3)6-5-7-14(4)9-11-15/h6,9,15H,5,7-8,10-11H2,1-4H3/q+1/b13-6+,14-9+. The average Bonchev–Trinajstić information content (AvgIpc) is 2.16. The molecule has 1 unspecified atom stereocenters. The maximum Gasteiger partial charge on any atom is 0.103 e. The molecule has 0 fully saturated rings. The summed E-state index contributed by atoms with van der Waals surface area (Å²) in [7, 11) is 0. The number of hydrogen-bond acceptors (Lipinski definition) is 0. The molecule has 1 atom stereocenters. The minimum atomic E-state index is 0.793. The van der Waals surface area contributed by atoms with Crippen LogP contribution >= 0.6 is 0 Å². The van der Waals surface area contributed by atoms with Crippen LogP contribution in [0.25, 0.3) is 0 Å². The Labute approximate surface area is 95.5 Å². The van der Waals surface area contributed by atoms with Crippen LogP contribution in [-0.2, 0) is 0 Å². The van der Waals surface area contributed by atoms with Crippen LogP contribution in [-0.4, -0.2) is 0 Å². The van der Waals surface area contributed by atoms with Crippen molar-refractivity contribution in [2.45, 2.75) is 59.8 Å². The molecule has 0 heterocycles. The molecule has 0 aromatic heterocycles. The van der Waals surface area contributed by atoms with Gasteiger partial charge < -0.3 is 0 Å². The van der Waals surface area contributed by atoms with E-state index < -0.39 is 0 Å². The first kappa shape index (κ1) is 12.4. The van der Waals surface area contributed by atoms with Crippen molar-refractivity contribution in [3.63, 3.8) is 0 Å². The molecule has 1 aliphatic carbocycles. The lowest BCUT2D eigenvalue weighted by Gasteiger charge is -2.13. The highest BCUT2D eigenvalue weighted by Crippen LogP contribution is 2.27. The fourth-order valence-electron chi connectivity index (χ4n) is 2.14. The number of hydrogen-bond donors (Lipinski definition) is 0. The zero-order chi connectivity index (χ0) is 11.3. The van der Waals surface area contributed by atoms with Gasteiger partial charge in [-0.1, -0.05) is 23.3 Å². The molecule has 0 spiro atoms. The Morgan fingerprint density at radius 2 is 1.73 bits per heavy atom. The number of rotatable bonds is 1. The van der Waals surface area contributed by atoms with E-state index in [0.29, 0.717) is 0 Å². The van der Waals surface area contributed by atoms with Crippen LogP contribution in [0.2, 0.25) is 0 Å². The SMILES string of the molecule is C/C1=C\CC([C+](C)C)CC/C(C)=C/CC1. The van der Waals surface area contributed by atoms with Crippen LogP contribution < -0.4 is 0 Å². The highest BCUT2D eigenvalue weighted by Gasteiger charge is 2.21. The molecular formula is C15H25+. The Kier molecular flexibility index (Phi) is 5.01. The van der Waals surface area contributed by atoms with Crippen LogP contribution in [0.4, 0.5) is 0 Å². The molecule has 84 valence electrons. The average molecular weight is 205 g/mol. The molecule has 0 bridgehead atoms. The Morgan fingerprint density at radius 3 is 2.40 bits per heavy atom. The summed E-state index contributed by atoms with van der Waals surface area (Å²) in [4.78, 5) is 0. The van der Waals surface area contributed by atoms with E-state index in [1.165, 1.54) is 32.1 Å². The molecule has 0 heteroatoms. The third kappa shape index (κ3) is 4.59. The summed E-state index contributed by atoms with van der Waals surface area (Å²) in [6, 6.07) is 0. The van der Waals surface area contributed by atoms with Crippen LogP contribution in [0.3, 0.4) is 0 Å². The fourth-order valence-corrected chi connectivity index (χ4v) is 2.14. The van der Waals surface area contributed by atoms with E-state index in [4.69, 9.17) is 0 Å². The molecule has 0 nitrogen and oxygen atoms in total. The molecule has 0 N–H and O–H groups in total. The summed E-state index contributed by atoms with van der Waals surface area (Å²) >= 11 is 0. The van der Waals surface area contributed by atoms with Crippen LogP contribution in [0.5, 0.6) is 0 Å². The number of allylic oxidation sites excluding steroid dienone is 4. The monoisotopic (exact) mass is 205 g/mol. The van der Waals surface area contributed by atoms with Crippen molar-refractivity contribution in [1.29, 1.82) is 0 Å². The first-order valence-electron chi connectivity index (χ1n) is 6.21. The lowest BCUT2D eigenvalue weighted by Crippen LogP contribution is -2.07. The molecule has 0 aromatic carbocycles. The molecule has 0 aliphatic heterocycles. The normalized spacial score (nSPS) is 31.1. The third-order valence-electron chi connectivity index (χ3n) is 3.49. The van der Waals surface area contributed by atoms with Gasteiger partial charge >= 0.3 is 0 Å². The smallest absolute Gasteiger partial charge is 0.0853 e. The molecule has 1 rings (SSSR count). The van der Waals surface area contributed by atoms with Crippen molar-refractivity contribution in [3.8, 4) is 0 Å². The predicted octanol–water partition coefficient (Wildman–Crippen LogP) is 5.07. The Hall–Kier alpha value is -0.650. The zero-order valence-electron chi connectivity index (χ0n) is 10.8. The first-order chi connectivity index (χ1) is 7.09. The van der Waals surface area contributed by atoms with Gasteiger partial charge in [0.25, 0.3) is 0 Å². The van der Waals surface area contributed by atoms with Crippen molar-refractivity contribution >= 4 is 0 Å². The van der Waals surface area contributed by atoms with Crippen molar-refractivity contribution in [3.05, 3.63) is 29.2 Å². The lowest BCUT2D eigenvalue weighted by atomic mass is 9.85. The highest BCUT2D eigenvalue weighted by molar-refractivity contribution is 5.08. The molecule has 15 heavy (non-hydrogen) atoms. The van der Waals surface area contributed by atoms with Gasteiger partial charge in [0.2, 0.25) is 0 Å². The Balaban J connectivity index is 2.66. The second-order valence-corrected chi connectivity index (χ2v) is 5.19. The molecule has 1 aliphatic rings. The van der Waals surface area contributed by atoms with E-state index in [-0.39, 0.29) is 0 Å². The van der Waals surface area contributed by atoms with Crippen LogP contribution in [0, 0.1) is 11.8 Å². The molecule has 0 saturated heterocycles. The maximum absolute atomic E-state index is 2.45. The van der Waals surface area contributed by atoms with Gasteiger partial charge in [-0.2, -0.15) is 0 Å². The molecule has 0 aromatic rings. The van der Waals surface area contributed by atoms with Gasteiger partial charge in [0.15, 0.2) is 0 Å².